The summed E-state index contributed by atoms with van der Waals surface area (Å²) < 4.78 is 6.29. The first-order valence-corrected chi connectivity index (χ1v) is 6.99. The largest absolute Gasteiger partial charge is 0.460 e. The summed E-state index contributed by atoms with van der Waals surface area (Å²) in [6.45, 7) is 4.52. The minimum absolute atomic E-state index is 0.104. The van der Waals surface area contributed by atoms with Gasteiger partial charge in [-0.25, -0.2) is 14.5 Å². The predicted octanol–water partition coefficient (Wildman–Crippen LogP) is 1.31. The molecular weight excluding hydrogens is 266 g/mol. The molecular formula is C11H15N5O2S. The Morgan fingerprint density at radius 2 is 2.32 bits per heavy atom. The van der Waals surface area contributed by atoms with Crippen LogP contribution in [-0.4, -0.2) is 37.8 Å². The van der Waals surface area contributed by atoms with Gasteiger partial charge < -0.3 is 4.74 Å². The van der Waals surface area contributed by atoms with Gasteiger partial charge in [0.25, 0.3) is 5.82 Å². The lowest BCUT2D eigenvalue weighted by atomic mass is 10.3. The molecule has 0 spiro atoms. The van der Waals surface area contributed by atoms with Crippen LogP contribution < -0.4 is 0 Å². The first-order chi connectivity index (χ1) is 9.24. The third kappa shape index (κ3) is 3.34. The number of nitrogens with zero attached hydrogens (tertiary/aromatic N) is 5. The third-order valence-electron chi connectivity index (χ3n) is 2.36. The molecule has 0 saturated heterocycles. The number of tetrazole rings is 1. The average Bonchev–Trinajstić information content (AvgIpc) is 3.00. The third-order valence-corrected chi connectivity index (χ3v) is 3.32. The van der Waals surface area contributed by atoms with Gasteiger partial charge in [0.2, 0.25) is 0 Å². The van der Waals surface area contributed by atoms with Crippen molar-refractivity contribution >= 4 is 17.3 Å². The summed E-state index contributed by atoms with van der Waals surface area (Å²) in [6.07, 6.45) is 2.02. The summed E-state index contributed by atoms with van der Waals surface area (Å²) in [5.41, 5.74) is 0.853. The Hall–Kier alpha value is -1.83. The average molecular weight is 281 g/mol. The van der Waals surface area contributed by atoms with Crippen LogP contribution in [0.5, 0.6) is 0 Å². The molecule has 0 aliphatic heterocycles. The zero-order valence-corrected chi connectivity index (χ0v) is 11.7. The Labute approximate surface area is 114 Å². The second-order valence-corrected chi connectivity index (χ2v) is 4.81. The highest BCUT2D eigenvalue weighted by Crippen LogP contribution is 2.13. The number of aromatic nitrogens is 5. The molecule has 0 aliphatic carbocycles. The Morgan fingerprint density at radius 3 is 3.05 bits per heavy atom. The van der Waals surface area contributed by atoms with Crippen molar-refractivity contribution in [2.45, 2.75) is 33.2 Å². The molecule has 2 aromatic heterocycles. The van der Waals surface area contributed by atoms with Gasteiger partial charge in [-0.15, -0.1) is 16.4 Å². The minimum Gasteiger partial charge on any atom is -0.460 e. The van der Waals surface area contributed by atoms with Gasteiger partial charge in [-0.1, -0.05) is 6.92 Å². The highest BCUT2D eigenvalue weighted by atomic mass is 32.1. The van der Waals surface area contributed by atoms with E-state index < -0.39 is 5.97 Å². The second-order valence-electron chi connectivity index (χ2n) is 3.86. The van der Waals surface area contributed by atoms with E-state index in [-0.39, 0.29) is 5.82 Å². The molecule has 0 saturated carbocycles. The van der Waals surface area contributed by atoms with Crippen molar-refractivity contribution in [2.24, 2.45) is 0 Å². The van der Waals surface area contributed by atoms with Gasteiger partial charge in [-0.2, -0.15) is 0 Å². The van der Waals surface area contributed by atoms with Crippen molar-refractivity contribution in [3.8, 4) is 0 Å². The molecule has 0 fully saturated rings. The van der Waals surface area contributed by atoms with E-state index in [0.717, 1.165) is 23.5 Å². The number of carbonyl (C=O) groups is 1. The molecule has 19 heavy (non-hydrogen) atoms. The van der Waals surface area contributed by atoms with Crippen LogP contribution in [0, 0.1) is 0 Å². The molecule has 0 atom stereocenters. The lowest BCUT2D eigenvalue weighted by molar-refractivity contribution is 0.0505. The molecule has 102 valence electrons. The lowest BCUT2D eigenvalue weighted by Gasteiger charge is -2.01. The highest BCUT2D eigenvalue weighted by Gasteiger charge is 2.17. The van der Waals surface area contributed by atoms with E-state index in [0.29, 0.717) is 13.2 Å². The zero-order valence-electron chi connectivity index (χ0n) is 10.9. The van der Waals surface area contributed by atoms with E-state index >= 15 is 0 Å². The van der Waals surface area contributed by atoms with E-state index in [4.69, 9.17) is 4.74 Å². The summed E-state index contributed by atoms with van der Waals surface area (Å²) in [7, 11) is 0. The fourth-order valence-electron chi connectivity index (χ4n) is 1.56. The topological polar surface area (TPSA) is 82.8 Å². The Bertz CT molecular complexity index is 551. The van der Waals surface area contributed by atoms with Gasteiger partial charge in [-0.05, 0) is 30.2 Å². The van der Waals surface area contributed by atoms with Crippen molar-refractivity contribution in [3.63, 3.8) is 0 Å². The minimum atomic E-state index is -0.517. The molecule has 0 N–H and O–H groups in total. The molecule has 0 aliphatic rings. The maximum atomic E-state index is 11.6. The van der Waals surface area contributed by atoms with Crippen molar-refractivity contribution in [1.29, 1.82) is 0 Å². The normalized spacial score (nSPS) is 10.6. The van der Waals surface area contributed by atoms with E-state index in [9.17, 15) is 4.79 Å². The molecule has 8 heteroatoms. The van der Waals surface area contributed by atoms with E-state index in [1.165, 1.54) is 4.68 Å². The molecule has 0 aromatic carbocycles. The first-order valence-electron chi connectivity index (χ1n) is 6.11. The second kappa shape index (κ2) is 6.37. The van der Waals surface area contributed by atoms with Gasteiger partial charge >= 0.3 is 5.97 Å². The van der Waals surface area contributed by atoms with Crippen LogP contribution in [0.2, 0.25) is 0 Å². The number of carbonyl (C=O) groups excluding carboxylic acids is 1. The first kappa shape index (κ1) is 13.6. The Morgan fingerprint density at radius 1 is 1.47 bits per heavy atom. The molecule has 0 radical (unpaired) electrons. The molecule has 0 amide bonds. The number of ether oxygens (including phenoxy) is 1. The van der Waals surface area contributed by atoms with Gasteiger partial charge in [0.05, 0.1) is 23.9 Å². The SMILES string of the molecule is CCCc1nc(Cn2nnnc2C(=O)OCC)cs1. The smallest absolute Gasteiger partial charge is 0.378 e. The number of aryl methyl sites for hydroxylation is 1. The van der Waals surface area contributed by atoms with Crippen LogP contribution in [0.25, 0.3) is 0 Å². The standard InChI is InChI=1S/C11H15N5O2S/c1-3-5-9-12-8(7-19-9)6-16-10(13-14-15-16)11(17)18-4-2/h7H,3-6H2,1-2H3. The number of esters is 1. The number of rotatable bonds is 6. The van der Waals surface area contributed by atoms with E-state index in [1.807, 2.05) is 5.38 Å². The van der Waals surface area contributed by atoms with Crippen molar-refractivity contribution in [1.82, 2.24) is 25.2 Å². The van der Waals surface area contributed by atoms with Crippen LogP contribution in [0.3, 0.4) is 0 Å². The van der Waals surface area contributed by atoms with Crippen LogP contribution >= 0.6 is 11.3 Å². The molecule has 2 rings (SSSR count). The molecule has 0 unspecified atom stereocenters. The van der Waals surface area contributed by atoms with Crippen molar-refractivity contribution in [3.05, 3.63) is 21.9 Å². The summed E-state index contributed by atoms with van der Waals surface area (Å²) >= 11 is 1.61. The van der Waals surface area contributed by atoms with Crippen molar-refractivity contribution in [2.75, 3.05) is 6.61 Å². The highest BCUT2D eigenvalue weighted by molar-refractivity contribution is 7.09. The van der Waals surface area contributed by atoms with Crippen LogP contribution in [-0.2, 0) is 17.7 Å². The summed E-state index contributed by atoms with van der Waals surface area (Å²) in [5.74, 6) is -0.414. The Kier molecular flexibility index (Phi) is 4.56. The summed E-state index contributed by atoms with van der Waals surface area (Å²) in [5, 5.41) is 14.0. The lowest BCUT2D eigenvalue weighted by Crippen LogP contribution is -2.15. The maximum Gasteiger partial charge on any atom is 0.378 e. The Balaban J connectivity index is 2.10. The van der Waals surface area contributed by atoms with Gasteiger partial charge in [-0.3, -0.25) is 0 Å². The van der Waals surface area contributed by atoms with Gasteiger partial charge in [0, 0.05) is 5.38 Å². The fourth-order valence-corrected chi connectivity index (χ4v) is 2.45. The monoisotopic (exact) mass is 281 g/mol. The van der Waals surface area contributed by atoms with E-state index in [2.05, 4.69) is 27.4 Å². The van der Waals surface area contributed by atoms with Crippen LogP contribution in [0.1, 0.15) is 41.6 Å². The molecule has 2 heterocycles. The van der Waals surface area contributed by atoms with Crippen molar-refractivity contribution < 1.29 is 9.53 Å². The number of hydrogen-bond donors (Lipinski definition) is 0. The summed E-state index contributed by atoms with van der Waals surface area (Å²) in [6, 6.07) is 0. The molecule has 2 aromatic rings. The fraction of sp³-hybridized carbons (Fsp3) is 0.545. The number of hydrogen-bond acceptors (Lipinski definition) is 7. The zero-order chi connectivity index (χ0) is 13.7. The predicted molar refractivity (Wildman–Crippen MR) is 69.0 cm³/mol. The van der Waals surface area contributed by atoms with Crippen LogP contribution in [0.4, 0.5) is 0 Å². The van der Waals surface area contributed by atoms with Gasteiger partial charge in [0.1, 0.15) is 0 Å². The summed E-state index contributed by atoms with van der Waals surface area (Å²) in [4.78, 5) is 16.1. The molecule has 0 bridgehead atoms. The number of thiazole rings is 1. The van der Waals surface area contributed by atoms with Crippen LogP contribution in [0.15, 0.2) is 5.38 Å². The van der Waals surface area contributed by atoms with E-state index in [1.54, 1.807) is 18.3 Å². The maximum absolute atomic E-state index is 11.6. The molecule has 7 nitrogen and oxygen atoms in total. The quantitative estimate of drug-likeness (QED) is 0.742. The van der Waals surface area contributed by atoms with Gasteiger partial charge in [0.15, 0.2) is 0 Å².